The standard InChI is InChI=1S/C29H39F2N/c30-28-20-15-25(22-29(28)31)10-6-5-9-24-13-18-27(19-14-24)26-16-11-23(12-17-26)8-4-2-1-3-7-21-32/h1-3,7,15,20,22-24,26-27H,4-6,8-14,16-19H2/b2-1+,7-3+. The third kappa shape index (κ3) is 8.19. The van der Waals surface area contributed by atoms with Crippen molar-refractivity contribution in [1.29, 1.82) is 5.26 Å². The van der Waals surface area contributed by atoms with E-state index in [1.54, 1.807) is 6.07 Å². The molecule has 0 aliphatic heterocycles. The lowest BCUT2D eigenvalue weighted by Crippen LogP contribution is -2.25. The van der Waals surface area contributed by atoms with Gasteiger partial charge in [-0.2, -0.15) is 5.26 Å². The Bertz CT molecular complexity index is 775. The minimum atomic E-state index is -0.753. The smallest absolute Gasteiger partial charge is 0.159 e. The van der Waals surface area contributed by atoms with Crippen molar-refractivity contribution >= 4 is 0 Å². The van der Waals surface area contributed by atoms with Crippen molar-refractivity contribution in [2.75, 3.05) is 0 Å². The zero-order valence-electron chi connectivity index (χ0n) is 19.5. The number of hydrogen-bond donors (Lipinski definition) is 0. The maximum absolute atomic E-state index is 13.3. The van der Waals surface area contributed by atoms with E-state index in [1.165, 1.54) is 88.8 Å². The topological polar surface area (TPSA) is 23.8 Å². The number of allylic oxidation sites excluding steroid dienone is 4. The minimum Gasteiger partial charge on any atom is -0.204 e. The Labute approximate surface area is 193 Å². The van der Waals surface area contributed by atoms with Gasteiger partial charge in [0.2, 0.25) is 0 Å². The van der Waals surface area contributed by atoms with Gasteiger partial charge in [-0.15, -0.1) is 0 Å². The van der Waals surface area contributed by atoms with Crippen LogP contribution in [0.3, 0.4) is 0 Å². The Kier molecular flexibility index (Phi) is 10.5. The van der Waals surface area contributed by atoms with Crippen LogP contribution in [0.2, 0.25) is 0 Å². The van der Waals surface area contributed by atoms with Gasteiger partial charge in [-0.25, -0.2) is 8.78 Å². The fourth-order valence-corrected chi connectivity index (χ4v) is 5.96. The highest BCUT2D eigenvalue weighted by atomic mass is 19.2. The molecule has 1 nitrogen and oxygen atoms in total. The summed E-state index contributed by atoms with van der Waals surface area (Å²) in [5.41, 5.74) is 0.912. The largest absolute Gasteiger partial charge is 0.204 e. The van der Waals surface area contributed by atoms with Crippen LogP contribution < -0.4 is 0 Å². The number of nitriles is 1. The average molecular weight is 440 g/mol. The molecular weight excluding hydrogens is 400 g/mol. The number of unbranched alkanes of at least 4 members (excludes halogenated alkanes) is 1. The van der Waals surface area contributed by atoms with Crippen molar-refractivity contribution in [2.24, 2.45) is 23.7 Å². The molecule has 0 atom stereocenters. The molecule has 2 saturated carbocycles. The van der Waals surface area contributed by atoms with E-state index >= 15 is 0 Å². The van der Waals surface area contributed by atoms with E-state index in [1.807, 2.05) is 18.2 Å². The number of rotatable bonds is 10. The monoisotopic (exact) mass is 439 g/mol. The number of halogens is 2. The summed E-state index contributed by atoms with van der Waals surface area (Å²) in [5.74, 6) is 2.18. The van der Waals surface area contributed by atoms with Crippen LogP contribution in [-0.2, 0) is 6.42 Å². The van der Waals surface area contributed by atoms with Crippen molar-refractivity contribution in [1.82, 2.24) is 0 Å². The average Bonchev–Trinajstić information content (AvgIpc) is 2.82. The van der Waals surface area contributed by atoms with Crippen LogP contribution in [0.5, 0.6) is 0 Å². The lowest BCUT2D eigenvalue weighted by molar-refractivity contribution is 0.140. The number of nitrogens with zero attached hydrogens (tertiary/aromatic N) is 1. The Morgan fingerprint density at radius 1 is 0.812 bits per heavy atom. The third-order valence-electron chi connectivity index (χ3n) is 7.92. The van der Waals surface area contributed by atoms with Crippen LogP contribution in [0, 0.1) is 46.6 Å². The van der Waals surface area contributed by atoms with Crippen LogP contribution in [0.25, 0.3) is 0 Å². The molecule has 0 aromatic heterocycles. The predicted molar refractivity (Wildman–Crippen MR) is 128 cm³/mol. The van der Waals surface area contributed by atoms with Gasteiger partial charge >= 0.3 is 0 Å². The van der Waals surface area contributed by atoms with Gasteiger partial charge in [-0.3, -0.25) is 0 Å². The van der Waals surface area contributed by atoms with Crippen LogP contribution in [0.15, 0.2) is 42.5 Å². The molecule has 0 bridgehead atoms. The zero-order valence-corrected chi connectivity index (χ0v) is 19.5. The molecule has 0 saturated heterocycles. The highest BCUT2D eigenvalue weighted by molar-refractivity contribution is 5.17. The lowest BCUT2D eigenvalue weighted by atomic mass is 9.68. The van der Waals surface area contributed by atoms with Gasteiger partial charge in [0.05, 0.1) is 6.07 Å². The SMILES string of the molecule is N#C/C=C/C=C/CCC1CCC(C2CCC(CCCCc3ccc(F)c(F)c3)CC2)CC1. The van der Waals surface area contributed by atoms with Crippen LogP contribution in [-0.4, -0.2) is 0 Å². The molecule has 0 unspecified atom stereocenters. The van der Waals surface area contributed by atoms with Gasteiger partial charge < -0.3 is 0 Å². The summed E-state index contributed by atoms with van der Waals surface area (Å²) in [6, 6.07) is 6.32. The number of benzene rings is 1. The van der Waals surface area contributed by atoms with Gasteiger partial charge in [0.15, 0.2) is 11.6 Å². The molecule has 32 heavy (non-hydrogen) atoms. The van der Waals surface area contributed by atoms with Gasteiger partial charge in [-0.1, -0.05) is 62.8 Å². The molecular formula is C29H39F2N. The summed E-state index contributed by atoms with van der Waals surface area (Å²) in [4.78, 5) is 0. The zero-order chi connectivity index (χ0) is 22.6. The fourth-order valence-electron chi connectivity index (χ4n) is 5.96. The van der Waals surface area contributed by atoms with Crippen LogP contribution in [0.1, 0.15) is 89.0 Å². The molecule has 0 radical (unpaired) electrons. The molecule has 2 fully saturated rings. The highest BCUT2D eigenvalue weighted by Gasteiger charge is 2.30. The molecule has 174 valence electrons. The van der Waals surface area contributed by atoms with Crippen molar-refractivity contribution < 1.29 is 8.78 Å². The highest BCUT2D eigenvalue weighted by Crippen LogP contribution is 2.43. The quantitative estimate of drug-likeness (QED) is 0.203. The maximum Gasteiger partial charge on any atom is 0.159 e. The van der Waals surface area contributed by atoms with Crippen molar-refractivity contribution in [2.45, 2.75) is 89.9 Å². The first-order chi connectivity index (χ1) is 15.7. The molecule has 0 N–H and O–H groups in total. The van der Waals surface area contributed by atoms with Gasteiger partial charge in [0, 0.05) is 6.08 Å². The maximum atomic E-state index is 13.3. The molecule has 2 aliphatic carbocycles. The Morgan fingerprint density at radius 2 is 1.47 bits per heavy atom. The molecule has 3 heteroatoms. The molecule has 0 heterocycles. The van der Waals surface area contributed by atoms with E-state index in [0.29, 0.717) is 0 Å². The summed E-state index contributed by atoms with van der Waals surface area (Å²) in [5, 5.41) is 8.49. The predicted octanol–water partition coefficient (Wildman–Crippen LogP) is 8.71. The Balaban J connectivity index is 1.25. The summed E-state index contributed by atoms with van der Waals surface area (Å²) >= 11 is 0. The third-order valence-corrected chi connectivity index (χ3v) is 7.92. The van der Waals surface area contributed by atoms with E-state index < -0.39 is 11.6 Å². The molecule has 3 rings (SSSR count). The van der Waals surface area contributed by atoms with Crippen molar-refractivity contribution in [3.63, 3.8) is 0 Å². The second kappa shape index (κ2) is 13.6. The van der Waals surface area contributed by atoms with E-state index in [2.05, 4.69) is 6.08 Å². The van der Waals surface area contributed by atoms with Gasteiger partial charge in [-0.05, 0) is 92.7 Å². The first-order valence-electron chi connectivity index (χ1n) is 12.8. The summed E-state index contributed by atoms with van der Waals surface area (Å²) in [6.45, 7) is 0. The molecule has 2 aliphatic rings. The second-order valence-electron chi connectivity index (χ2n) is 10.0. The van der Waals surface area contributed by atoms with Gasteiger partial charge in [0.25, 0.3) is 0 Å². The first-order valence-corrected chi connectivity index (χ1v) is 12.8. The van der Waals surface area contributed by atoms with Crippen LogP contribution in [0.4, 0.5) is 8.78 Å². The van der Waals surface area contributed by atoms with E-state index in [4.69, 9.17) is 5.26 Å². The Morgan fingerprint density at radius 3 is 2.09 bits per heavy atom. The lowest BCUT2D eigenvalue weighted by Gasteiger charge is -2.38. The summed E-state index contributed by atoms with van der Waals surface area (Å²) < 4.78 is 26.3. The number of aryl methyl sites for hydroxylation is 1. The fraction of sp³-hybridized carbons (Fsp3) is 0.621. The number of hydrogen-bond acceptors (Lipinski definition) is 1. The molecule has 0 amide bonds. The summed E-state index contributed by atoms with van der Waals surface area (Å²) in [6.07, 6.45) is 25.6. The summed E-state index contributed by atoms with van der Waals surface area (Å²) in [7, 11) is 0. The Hall–Kier alpha value is -1.95. The van der Waals surface area contributed by atoms with Gasteiger partial charge in [0.1, 0.15) is 0 Å². The molecule has 1 aromatic rings. The minimum absolute atomic E-state index is 0.726. The normalized spacial score (nSPS) is 26.5. The molecule has 0 spiro atoms. The molecule has 1 aromatic carbocycles. The van der Waals surface area contributed by atoms with E-state index in [-0.39, 0.29) is 0 Å². The van der Waals surface area contributed by atoms with E-state index in [0.717, 1.165) is 48.5 Å². The van der Waals surface area contributed by atoms with E-state index in [9.17, 15) is 8.78 Å². The second-order valence-corrected chi connectivity index (χ2v) is 10.0. The van der Waals surface area contributed by atoms with Crippen molar-refractivity contribution in [3.8, 4) is 6.07 Å². The first kappa shape index (κ1) is 24.7. The van der Waals surface area contributed by atoms with Crippen LogP contribution >= 0.6 is 0 Å². The van der Waals surface area contributed by atoms with Crippen molar-refractivity contribution in [3.05, 3.63) is 59.7 Å².